The number of aromatic nitrogens is 2. The largest absolute Gasteiger partial charge is 0.341 e. The molecule has 7 heteroatoms. The number of piperidine rings is 1. The van der Waals surface area contributed by atoms with Crippen molar-refractivity contribution < 1.29 is 9.59 Å². The zero-order chi connectivity index (χ0) is 16.4. The van der Waals surface area contributed by atoms with Gasteiger partial charge in [0.05, 0.1) is 6.33 Å². The van der Waals surface area contributed by atoms with Gasteiger partial charge in [-0.1, -0.05) is 0 Å². The summed E-state index contributed by atoms with van der Waals surface area (Å²) in [5.41, 5.74) is 0.530. The van der Waals surface area contributed by atoms with Crippen LogP contribution in [0.25, 0.3) is 0 Å². The fraction of sp³-hybridized carbons (Fsp3) is 0.688. The SMILES string of the molecule is CNC(=O)N1CCC(C2CCN(C(=O)c3cn(C)cn3)C2)CC1. The Bertz CT molecular complexity index is 577. The van der Waals surface area contributed by atoms with Gasteiger partial charge in [-0.2, -0.15) is 0 Å². The molecule has 1 atom stereocenters. The van der Waals surface area contributed by atoms with E-state index in [1.807, 2.05) is 16.8 Å². The fourth-order valence-corrected chi connectivity index (χ4v) is 3.77. The summed E-state index contributed by atoms with van der Waals surface area (Å²) in [5, 5.41) is 2.69. The topological polar surface area (TPSA) is 70.5 Å². The van der Waals surface area contributed by atoms with Crippen LogP contribution in [0.1, 0.15) is 29.8 Å². The predicted molar refractivity (Wildman–Crippen MR) is 86.0 cm³/mol. The number of urea groups is 1. The van der Waals surface area contributed by atoms with E-state index in [2.05, 4.69) is 10.3 Å². The Morgan fingerprint density at radius 2 is 1.78 bits per heavy atom. The van der Waals surface area contributed by atoms with Gasteiger partial charge in [0.1, 0.15) is 5.69 Å². The van der Waals surface area contributed by atoms with Crippen molar-refractivity contribution in [3.63, 3.8) is 0 Å². The maximum Gasteiger partial charge on any atom is 0.317 e. The van der Waals surface area contributed by atoms with Crippen molar-refractivity contribution in [2.75, 3.05) is 33.2 Å². The molecule has 1 unspecified atom stereocenters. The van der Waals surface area contributed by atoms with E-state index in [1.165, 1.54) is 0 Å². The quantitative estimate of drug-likeness (QED) is 0.882. The van der Waals surface area contributed by atoms with Crippen molar-refractivity contribution in [2.45, 2.75) is 19.3 Å². The molecule has 2 fully saturated rings. The Labute approximate surface area is 136 Å². The molecule has 1 N–H and O–H groups in total. The fourth-order valence-electron chi connectivity index (χ4n) is 3.77. The van der Waals surface area contributed by atoms with Gasteiger partial charge in [0.15, 0.2) is 0 Å². The molecule has 7 nitrogen and oxygen atoms in total. The number of nitrogens with one attached hydrogen (secondary N) is 1. The molecule has 0 aliphatic carbocycles. The Hall–Kier alpha value is -2.05. The summed E-state index contributed by atoms with van der Waals surface area (Å²) < 4.78 is 1.80. The third-order valence-corrected chi connectivity index (χ3v) is 5.14. The van der Waals surface area contributed by atoms with Crippen LogP contribution >= 0.6 is 0 Å². The van der Waals surface area contributed by atoms with Crippen LogP contribution in [0.4, 0.5) is 4.79 Å². The molecule has 3 rings (SSSR count). The first-order valence-electron chi connectivity index (χ1n) is 8.32. The third-order valence-electron chi connectivity index (χ3n) is 5.14. The summed E-state index contributed by atoms with van der Waals surface area (Å²) in [4.78, 5) is 32.1. The summed E-state index contributed by atoms with van der Waals surface area (Å²) in [7, 11) is 3.54. The van der Waals surface area contributed by atoms with E-state index in [-0.39, 0.29) is 11.9 Å². The van der Waals surface area contributed by atoms with Crippen LogP contribution < -0.4 is 5.32 Å². The maximum atomic E-state index is 12.5. The van der Waals surface area contributed by atoms with Gasteiger partial charge in [-0.3, -0.25) is 4.79 Å². The summed E-state index contributed by atoms with van der Waals surface area (Å²) in [6, 6.07) is 0.0156. The summed E-state index contributed by atoms with van der Waals surface area (Å²) in [5.74, 6) is 1.20. The molecular formula is C16H25N5O2. The average Bonchev–Trinajstić information content (AvgIpc) is 3.23. The zero-order valence-electron chi connectivity index (χ0n) is 13.9. The lowest BCUT2D eigenvalue weighted by molar-refractivity contribution is 0.0771. The highest BCUT2D eigenvalue weighted by Gasteiger charge is 2.35. The summed E-state index contributed by atoms with van der Waals surface area (Å²) in [6.07, 6.45) is 6.56. The first-order valence-corrected chi connectivity index (χ1v) is 8.32. The van der Waals surface area contributed by atoms with Crippen LogP contribution in [0.2, 0.25) is 0 Å². The molecule has 0 saturated carbocycles. The first kappa shape index (κ1) is 15.8. The first-order chi connectivity index (χ1) is 11.1. The minimum Gasteiger partial charge on any atom is -0.341 e. The molecule has 23 heavy (non-hydrogen) atoms. The second-order valence-electron chi connectivity index (χ2n) is 6.60. The number of imidazole rings is 1. The van der Waals surface area contributed by atoms with E-state index < -0.39 is 0 Å². The summed E-state index contributed by atoms with van der Waals surface area (Å²) in [6.45, 7) is 3.26. The van der Waals surface area contributed by atoms with Crippen molar-refractivity contribution in [1.29, 1.82) is 0 Å². The average molecular weight is 319 g/mol. The number of carbonyl (C=O) groups is 2. The van der Waals surface area contributed by atoms with Gasteiger partial charge in [0.2, 0.25) is 0 Å². The lowest BCUT2D eigenvalue weighted by atomic mass is 9.84. The lowest BCUT2D eigenvalue weighted by Crippen LogP contribution is -2.44. The van der Waals surface area contributed by atoms with Gasteiger partial charge >= 0.3 is 6.03 Å². The van der Waals surface area contributed by atoms with Crippen LogP contribution in [-0.2, 0) is 7.05 Å². The van der Waals surface area contributed by atoms with E-state index in [9.17, 15) is 9.59 Å². The Morgan fingerprint density at radius 1 is 1.13 bits per heavy atom. The molecule has 3 heterocycles. The van der Waals surface area contributed by atoms with Crippen molar-refractivity contribution >= 4 is 11.9 Å². The van der Waals surface area contributed by atoms with Gasteiger partial charge in [-0.05, 0) is 31.1 Å². The minimum atomic E-state index is 0.0156. The van der Waals surface area contributed by atoms with Gasteiger partial charge in [0, 0.05) is 46.5 Å². The molecule has 0 spiro atoms. The molecule has 0 radical (unpaired) electrons. The van der Waals surface area contributed by atoms with E-state index in [1.54, 1.807) is 24.1 Å². The van der Waals surface area contributed by atoms with Crippen LogP contribution in [0.5, 0.6) is 0 Å². The lowest BCUT2D eigenvalue weighted by Gasteiger charge is -2.34. The van der Waals surface area contributed by atoms with Crippen LogP contribution in [-0.4, -0.2) is 64.5 Å². The van der Waals surface area contributed by atoms with Crippen LogP contribution in [0.3, 0.4) is 0 Å². The number of carbonyl (C=O) groups excluding carboxylic acids is 2. The van der Waals surface area contributed by atoms with Gasteiger partial charge < -0.3 is 19.7 Å². The molecular weight excluding hydrogens is 294 g/mol. The minimum absolute atomic E-state index is 0.0156. The standard InChI is InChI=1S/C16H25N5O2/c1-17-16(23)20-6-3-12(4-7-20)13-5-8-21(9-13)15(22)14-10-19(2)11-18-14/h10-13H,3-9H2,1-2H3,(H,17,23). The number of rotatable bonds is 2. The van der Waals surface area contributed by atoms with Crippen molar-refractivity contribution in [3.05, 3.63) is 18.2 Å². The Kier molecular flexibility index (Phi) is 4.54. The number of likely N-dealkylation sites (tertiary alicyclic amines) is 2. The number of nitrogens with zero attached hydrogens (tertiary/aromatic N) is 4. The van der Waals surface area contributed by atoms with E-state index in [0.29, 0.717) is 17.5 Å². The van der Waals surface area contributed by atoms with Crippen LogP contribution in [0, 0.1) is 11.8 Å². The summed E-state index contributed by atoms with van der Waals surface area (Å²) >= 11 is 0. The molecule has 1 aromatic heterocycles. The molecule has 0 aromatic carbocycles. The van der Waals surface area contributed by atoms with Crippen LogP contribution in [0.15, 0.2) is 12.5 Å². The van der Waals surface area contributed by atoms with Gasteiger partial charge in [-0.25, -0.2) is 9.78 Å². The van der Waals surface area contributed by atoms with Crippen molar-refractivity contribution in [2.24, 2.45) is 18.9 Å². The number of hydrogen-bond donors (Lipinski definition) is 1. The number of hydrogen-bond acceptors (Lipinski definition) is 3. The highest BCUT2D eigenvalue weighted by molar-refractivity contribution is 5.92. The Balaban J connectivity index is 1.52. The van der Waals surface area contributed by atoms with E-state index >= 15 is 0 Å². The van der Waals surface area contributed by atoms with Crippen molar-refractivity contribution in [3.8, 4) is 0 Å². The van der Waals surface area contributed by atoms with Gasteiger partial charge in [-0.15, -0.1) is 0 Å². The zero-order valence-corrected chi connectivity index (χ0v) is 13.9. The second-order valence-corrected chi connectivity index (χ2v) is 6.60. The highest BCUT2D eigenvalue weighted by Crippen LogP contribution is 2.32. The smallest absolute Gasteiger partial charge is 0.317 e. The second kappa shape index (κ2) is 6.60. The molecule has 126 valence electrons. The van der Waals surface area contributed by atoms with Crippen molar-refractivity contribution in [1.82, 2.24) is 24.7 Å². The highest BCUT2D eigenvalue weighted by atomic mass is 16.2. The molecule has 3 amide bonds. The van der Waals surface area contributed by atoms with Gasteiger partial charge in [0.25, 0.3) is 5.91 Å². The predicted octanol–water partition coefficient (Wildman–Crippen LogP) is 0.934. The number of aryl methyl sites for hydroxylation is 1. The number of amides is 3. The van der Waals surface area contributed by atoms with E-state index in [0.717, 1.165) is 45.4 Å². The normalized spacial score (nSPS) is 22.4. The molecule has 0 bridgehead atoms. The monoisotopic (exact) mass is 319 g/mol. The Morgan fingerprint density at radius 3 is 2.39 bits per heavy atom. The molecule has 1 aromatic rings. The molecule has 2 aliphatic rings. The third kappa shape index (κ3) is 3.33. The van der Waals surface area contributed by atoms with E-state index in [4.69, 9.17) is 0 Å². The maximum absolute atomic E-state index is 12.5. The molecule has 2 saturated heterocycles. The molecule has 2 aliphatic heterocycles.